The summed E-state index contributed by atoms with van der Waals surface area (Å²) in [5.74, 6) is 0.147. The van der Waals surface area contributed by atoms with Crippen molar-refractivity contribution in [2.24, 2.45) is 5.92 Å². The molecule has 0 fully saturated rings. The second-order valence-electron chi connectivity index (χ2n) is 4.96. The van der Waals surface area contributed by atoms with Crippen molar-refractivity contribution in [3.63, 3.8) is 0 Å². The highest BCUT2D eigenvalue weighted by molar-refractivity contribution is 7.80. The zero-order valence-electron chi connectivity index (χ0n) is 12.4. The lowest BCUT2D eigenvalue weighted by Gasteiger charge is -2.13. The molecular weight excluding hydrogens is 260 g/mol. The number of hydrogen-bond acceptors (Lipinski definition) is 4. The van der Waals surface area contributed by atoms with Gasteiger partial charge in [-0.15, -0.1) is 0 Å². The van der Waals surface area contributed by atoms with Gasteiger partial charge in [-0.05, 0) is 43.9 Å². The van der Waals surface area contributed by atoms with Crippen LogP contribution in [0.5, 0.6) is 0 Å². The number of ketones is 1. The molecule has 1 atom stereocenters. The molecule has 19 heavy (non-hydrogen) atoms. The first-order valence-electron chi connectivity index (χ1n) is 7.10. The standard InChI is InChI=1S/C15H26O3S/c1-4-7-14(19)11-10-13(12(2)16)8-5-6-9-15(17)18-3/h13H,4-11H2,1-3H3. The monoisotopic (exact) mass is 286 g/mol. The van der Waals surface area contributed by atoms with Gasteiger partial charge in [0.2, 0.25) is 0 Å². The van der Waals surface area contributed by atoms with Gasteiger partial charge < -0.3 is 4.74 Å². The first-order chi connectivity index (χ1) is 9.01. The Balaban J connectivity index is 3.90. The maximum Gasteiger partial charge on any atom is 0.305 e. The van der Waals surface area contributed by atoms with Gasteiger partial charge in [0.15, 0.2) is 0 Å². The van der Waals surface area contributed by atoms with E-state index in [2.05, 4.69) is 11.7 Å². The lowest BCUT2D eigenvalue weighted by molar-refractivity contribution is -0.140. The Morgan fingerprint density at radius 3 is 2.32 bits per heavy atom. The van der Waals surface area contributed by atoms with Crippen molar-refractivity contribution in [2.45, 2.75) is 65.2 Å². The first kappa shape index (κ1) is 18.2. The van der Waals surface area contributed by atoms with Gasteiger partial charge in [0.25, 0.3) is 0 Å². The van der Waals surface area contributed by atoms with Crippen LogP contribution >= 0.6 is 12.2 Å². The van der Waals surface area contributed by atoms with Crippen molar-refractivity contribution in [3.05, 3.63) is 0 Å². The maximum absolute atomic E-state index is 11.6. The number of ether oxygens (including phenoxy) is 1. The number of rotatable bonds is 11. The predicted octanol–water partition coefficient (Wildman–Crippen LogP) is 3.88. The summed E-state index contributed by atoms with van der Waals surface area (Å²) in [5, 5.41) is 0. The Kier molecular flexibility index (Phi) is 10.6. The number of Topliss-reactive ketones (excluding diaryl/α,β-unsaturated/α-hetero) is 1. The van der Waals surface area contributed by atoms with Gasteiger partial charge in [-0.2, -0.15) is 0 Å². The van der Waals surface area contributed by atoms with Crippen LogP contribution in [0.2, 0.25) is 0 Å². The van der Waals surface area contributed by atoms with E-state index in [1.165, 1.54) is 7.11 Å². The minimum absolute atomic E-state index is 0.0902. The second-order valence-corrected chi connectivity index (χ2v) is 5.53. The Morgan fingerprint density at radius 2 is 1.79 bits per heavy atom. The third-order valence-electron chi connectivity index (χ3n) is 3.29. The van der Waals surface area contributed by atoms with Gasteiger partial charge in [0, 0.05) is 12.3 Å². The van der Waals surface area contributed by atoms with Crippen molar-refractivity contribution in [1.82, 2.24) is 0 Å². The molecule has 4 heteroatoms. The zero-order valence-corrected chi connectivity index (χ0v) is 13.2. The Hall–Kier alpha value is -0.770. The molecule has 0 heterocycles. The Bertz CT molecular complexity index is 300. The molecule has 0 bridgehead atoms. The van der Waals surface area contributed by atoms with E-state index in [4.69, 9.17) is 12.2 Å². The number of esters is 1. The number of carbonyl (C=O) groups is 2. The molecule has 0 aromatic carbocycles. The summed E-state index contributed by atoms with van der Waals surface area (Å²) in [4.78, 5) is 23.6. The minimum atomic E-state index is -0.177. The summed E-state index contributed by atoms with van der Waals surface area (Å²) in [6.45, 7) is 3.76. The summed E-state index contributed by atoms with van der Waals surface area (Å²) in [6, 6.07) is 0. The van der Waals surface area contributed by atoms with Crippen LogP contribution in [0.4, 0.5) is 0 Å². The average molecular weight is 286 g/mol. The number of hydrogen-bond donors (Lipinski definition) is 0. The highest BCUT2D eigenvalue weighted by Gasteiger charge is 2.14. The number of thiocarbonyl (C=S) groups is 1. The van der Waals surface area contributed by atoms with Crippen LogP contribution < -0.4 is 0 Å². The number of unbranched alkanes of at least 4 members (excludes halogenated alkanes) is 1. The van der Waals surface area contributed by atoms with Crippen LogP contribution in [-0.2, 0) is 14.3 Å². The van der Waals surface area contributed by atoms with Crippen molar-refractivity contribution in [1.29, 1.82) is 0 Å². The van der Waals surface area contributed by atoms with Gasteiger partial charge in [0.05, 0.1) is 7.11 Å². The van der Waals surface area contributed by atoms with Crippen LogP contribution in [0.1, 0.15) is 65.2 Å². The molecule has 0 amide bonds. The molecule has 0 N–H and O–H groups in total. The topological polar surface area (TPSA) is 43.4 Å². The first-order valence-corrected chi connectivity index (χ1v) is 7.51. The minimum Gasteiger partial charge on any atom is -0.469 e. The van der Waals surface area contributed by atoms with Crippen LogP contribution in [0, 0.1) is 5.92 Å². The largest absolute Gasteiger partial charge is 0.469 e. The molecule has 0 aromatic heterocycles. The predicted molar refractivity (Wildman–Crippen MR) is 81.4 cm³/mol. The van der Waals surface area contributed by atoms with Crippen molar-refractivity contribution >= 4 is 28.8 Å². The van der Waals surface area contributed by atoms with E-state index in [1.54, 1.807) is 6.92 Å². The van der Waals surface area contributed by atoms with E-state index in [9.17, 15) is 9.59 Å². The Labute approximate surface area is 122 Å². The summed E-state index contributed by atoms with van der Waals surface area (Å²) in [6.07, 6.45) is 6.73. The van der Waals surface area contributed by atoms with Crippen LogP contribution in [0.3, 0.4) is 0 Å². The maximum atomic E-state index is 11.6. The fourth-order valence-corrected chi connectivity index (χ4v) is 2.37. The van der Waals surface area contributed by atoms with Gasteiger partial charge in [-0.1, -0.05) is 32.0 Å². The SMILES string of the molecule is CCCC(=S)CCC(CCCCC(=O)OC)C(C)=O. The molecule has 1 unspecified atom stereocenters. The molecular formula is C15H26O3S. The van der Waals surface area contributed by atoms with Gasteiger partial charge in [-0.25, -0.2) is 0 Å². The van der Waals surface area contributed by atoms with E-state index in [0.29, 0.717) is 6.42 Å². The summed E-state index contributed by atoms with van der Waals surface area (Å²) in [7, 11) is 1.40. The fourth-order valence-electron chi connectivity index (χ4n) is 2.05. The highest BCUT2D eigenvalue weighted by atomic mass is 32.1. The Morgan fingerprint density at radius 1 is 1.11 bits per heavy atom. The molecule has 0 saturated carbocycles. The van der Waals surface area contributed by atoms with Crippen LogP contribution in [-0.4, -0.2) is 23.7 Å². The van der Waals surface area contributed by atoms with E-state index in [-0.39, 0.29) is 17.7 Å². The van der Waals surface area contributed by atoms with E-state index < -0.39 is 0 Å². The van der Waals surface area contributed by atoms with Crippen molar-refractivity contribution in [2.75, 3.05) is 7.11 Å². The molecule has 0 aliphatic rings. The third kappa shape index (κ3) is 9.77. The fraction of sp³-hybridized carbons (Fsp3) is 0.800. The van der Waals surface area contributed by atoms with Crippen molar-refractivity contribution in [3.8, 4) is 0 Å². The summed E-state index contributed by atoms with van der Waals surface area (Å²) < 4.78 is 4.59. The number of methoxy groups -OCH3 is 1. The molecule has 0 aromatic rings. The van der Waals surface area contributed by atoms with Crippen molar-refractivity contribution < 1.29 is 14.3 Å². The molecule has 3 nitrogen and oxygen atoms in total. The van der Waals surface area contributed by atoms with Gasteiger partial charge >= 0.3 is 5.97 Å². The number of carbonyl (C=O) groups excluding carboxylic acids is 2. The van der Waals surface area contributed by atoms with Gasteiger partial charge in [0.1, 0.15) is 5.78 Å². The quantitative estimate of drug-likeness (QED) is 0.328. The second kappa shape index (κ2) is 11.1. The average Bonchev–Trinajstić information content (AvgIpc) is 2.37. The van der Waals surface area contributed by atoms with E-state index in [1.807, 2.05) is 0 Å². The van der Waals surface area contributed by atoms with E-state index >= 15 is 0 Å². The lowest BCUT2D eigenvalue weighted by Crippen LogP contribution is -2.13. The zero-order chi connectivity index (χ0) is 14.7. The molecule has 110 valence electrons. The highest BCUT2D eigenvalue weighted by Crippen LogP contribution is 2.18. The summed E-state index contributed by atoms with van der Waals surface area (Å²) >= 11 is 5.27. The molecule has 0 spiro atoms. The summed E-state index contributed by atoms with van der Waals surface area (Å²) in [5.41, 5.74) is 0. The molecule has 0 aliphatic carbocycles. The lowest BCUT2D eigenvalue weighted by atomic mass is 9.91. The molecule has 0 rings (SSSR count). The van der Waals surface area contributed by atoms with Gasteiger partial charge in [-0.3, -0.25) is 9.59 Å². The normalized spacial score (nSPS) is 11.9. The smallest absolute Gasteiger partial charge is 0.305 e. The molecule has 0 aliphatic heterocycles. The van der Waals surface area contributed by atoms with Crippen LogP contribution in [0.15, 0.2) is 0 Å². The molecule has 0 radical (unpaired) electrons. The van der Waals surface area contributed by atoms with Crippen LogP contribution in [0.25, 0.3) is 0 Å². The van der Waals surface area contributed by atoms with E-state index in [0.717, 1.165) is 49.8 Å². The third-order valence-corrected chi connectivity index (χ3v) is 3.69. The molecule has 0 saturated heterocycles.